The molecular formula is C14H22N2O4S. The Morgan fingerprint density at radius 2 is 2.00 bits per heavy atom. The zero-order valence-electron chi connectivity index (χ0n) is 12.8. The highest BCUT2D eigenvalue weighted by Gasteiger charge is 2.22. The third kappa shape index (κ3) is 4.71. The number of carbonyl (C=O) groups is 1. The van der Waals surface area contributed by atoms with Crippen LogP contribution in [0.25, 0.3) is 0 Å². The fourth-order valence-corrected chi connectivity index (χ4v) is 3.08. The van der Waals surface area contributed by atoms with E-state index in [2.05, 4.69) is 10.0 Å². The van der Waals surface area contributed by atoms with E-state index in [9.17, 15) is 13.2 Å². The maximum absolute atomic E-state index is 12.2. The number of carbonyl (C=O) groups excluding carboxylic acids is 1. The van der Waals surface area contributed by atoms with Gasteiger partial charge in [-0.25, -0.2) is 8.42 Å². The first-order chi connectivity index (χ1) is 9.81. The highest BCUT2D eigenvalue weighted by atomic mass is 32.2. The molecule has 1 aromatic carbocycles. The van der Waals surface area contributed by atoms with Gasteiger partial charge in [0.05, 0.1) is 17.5 Å². The van der Waals surface area contributed by atoms with Crippen LogP contribution in [0.3, 0.4) is 0 Å². The summed E-state index contributed by atoms with van der Waals surface area (Å²) in [6, 6.07) is 3.77. The van der Waals surface area contributed by atoms with E-state index in [1.54, 1.807) is 19.9 Å². The average Bonchev–Trinajstić information content (AvgIpc) is 2.41. The first kappa shape index (κ1) is 17.5. The topological polar surface area (TPSA) is 84.5 Å². The molecule has 0 bridgehead atoms. The van der Waals surface area contributed by atoms with Gasteiger partial charge in [-0.3, -0.25) is 4.79 Å². The molecule has 0 aromatic heterocycles. The predicted molar refractivity (Wildman–Crippen MR) is 80.8 cm³/mol. The third-order valence-electron chi connectivity index (χ3n) is 2.83. The van der Waals surface area contributed by atoms with Gasteiger partial charge in [-0.1, -0.05) is 0 Å². The van der Waals surface area contributed by atoms with Gasteiger partial charge in [-0.2, -0.15) is 4.72 Å². The molecule has 0 saturated carbocycles. The Morgan fingerprint density at radius 3 is 2.52 bits per heavy atom. The van der Waals surface area contributed by atoms with Crippen molar-refractivity contribution in [3.05, 3.63) is 23.8 Å². The van der Waals surface area contributed by atoms with Gasteiger partial charge in [-0.15, -0.1) is 0 Å². The van der Waals surface area contributed by atoms with Crippen LogP contribution < -0.4 is 14.8 Å². The zero-order chi connectivity index (χ0) is 16.0. The van der Waals surface area contributed by atoms with Crippen molar-refractivity contribution in [1.82, 2.24) is 10.0 Å². The van der Waals surface area contributed by atoms with Crippen LogP contribution in [-0.4, -0.2) is 33.5 Å². The van der Waals surface area contributed by atoms with Gasteiger partial charge in [0.2, 0.25) is 15.9 Å². The molecular weight excluding hydrogens is 292 g/mol. The van der Waals surface area contributed by atoms with Crippen LogP contribution in [0.5, 0.6) is 5.75 Å². The summed E-state index contributed by atoms with van der Waals surface area (Å²) in [6.45, 7) is 7.88. The number of rotatable bonds is 7. The number of sulfonamides is 1. The second kappa shape index (κ2) is 7.42. The number of hydrogen-bond donors (Lipinski definition) is 2. The number of ether oxygens (including phenoxy) is 1. The molecule has 1 rings (SSSR count). The molecule has 21 heavy (non-hydrogen) atoms. The minimum Gasteiger partial charge on any atom is -0.494 e. The minimum atomic E-state index is -3.74. The van der Waals surface area contributed by atoms with Gasteiger partial charge in [0.25, 0.3) is 0 Å². The van der Waals surface area contributed by atoms with Gasteiger partial charge in [0, 0.05) is 6.54 Å². The molecule has 6 nitrogen and oxygen atoms in total. The summed E-state index contributed by atoms with van der Waals surface area (Å²) in [5.41, 5.74) is 0.727. The van der Waals surface area contributed by atoms with E-state index in [4.69, 9.17) is 4.74 Å². The van der Waals surface area contributed by atoms with Crippen molar-refractivity contribution in [2.45, 2.75) is 38.6 Å². The van der Waals surface area contributed by atoms with Crippen molar-refractivity contribution in [3.8, 4) is 5.75 Å². The molecule has 1 aromatic rings. The van der Waals surface area contributed by atoms with Crippen molar-refractivity contribution in [1.29, 1.82) is 0 Å². The molecule has 0 heterocycles. The summed E-state index contributed by atoms with van der Waals surface area (Å²) in [5, 5.41) is 2.57. The van der Waals surface area contributed by atoms with Crippen molar-refractivity contribution in [3.63, 3.8) is 0 Å². The summed E-state index contributed by atoms with van der Waals surface area (Å²) in [7, 11) is -3.74. The first-order valence-electron chi connectivity index (χ1n) is 6.85. The Labute approximate surface area is 125 Å². The smallest absolute Gasteiger partial charge is 0.241 e. The molecule has 2 N–H and O–H groups in total. The van der Waals surface area contributed by atoms with Crippen LogP contribution in [0.4, 0.5) is 0 Å². The van der Waals surface area contributed by atoms with Crippen molar-refractivity contribution < 1.29 is 17.9 Å². The molecule has 0 spiro atoms. The summed E-state index contributed by atoms with van der Waals surface area (Å²) >= 11 is 0. The van der Waals surface area contributed by atoms with Crippen LogP contribution in [0.15, 0.2) is 23.1 Å². The number of hydrogen-bond acceptors (Lipinski definition) is 4. The van der Waals surface area contributed by atoms with E-state index in [0.29, 0.717) is 18.9 Å². The van der Waals surface area contributed by atoms with Crippen LogP contribution in [-0.2, 0) is 14.8 Å². The monoisotopic (exact) mass is 314 g/mol. The SMILES string of the molecule is CCNC(=O)[C@@H](C)NS(=O)(=O)c1ccc(OCC)c(C)c1. The quantitative estimate of drug-likeness (QED) is 0.792. The Hall–Kier alpha value is -1.60. The lowest BCUT2D eigenvalue weighted by Gasteiger charge is -2.15. The maximum Gasteiger partial charge on any atom is 0.241 e. The molecule has 7 heteroatoms. The van der Waals surface area contributed by atoms with Crippen molar-refractivity contribution >= 4 is 15.9 Å². The van der Waals surface area contributed by atoms with E-state index in [1.807, 2.05) is 6.92 Å². The predicted octanol–water partition coefficient (Wildman–Crippen LogP) is 1.20. The second-order valence-corrected chi connectivity index (χ2v) is 6.31. The molecule has 118 valence electrons. The standard InChI is InChI=1S/C14H22N2O4S/c1-5-15-14(17)11(4)16-21(18,19)12-7-8-13(20-6-2)10(3)9-12/h7-9,11,16H,5-6H2,1-4H3,(H,15,17)/t11-/m1/s1. The minimum absolute atomic E-state index is 0.111. The summed E-state index contributed by atoms with van der Waals surface area (Å²) in [5.74, 6) is 0.289. The number of amides is 1. The molecule has 0 unspecified atom stereocenters. The normalized spacial score (nSPS) is 12.8. The van der Waals surface area contributed by atoms with Crippen molar-refractivity contribution in [2.24, 2.45) is 0 Å². The van der Waals surface area contributed by atoms with Gasteiger partial charge < -0.3 is 10.1 Å². The Bertz CT molecular complexity index is 599. The lowest BCUT2D eigenvalue weighted by molar-refractivity contribution is -0.122. The van der Waals surface area contributed by atoms with Gasteiger partial charge >= 0.3 is 0 Å². The number of aryl methyl sites for hydroxylation is 1. The fourth-order valence-electron chi connectivity index (χ4n) is 1.79. The summed E-state index contributed by atoms with van der Waals surface area (Å²) in [6.07, 6.45) is 0. The van der Waals surface area contributed by atoms with Gasteiger partial charge in [0.15, 0.2) is 0 Å². The highest BCUT2D eigenvalue weighted by Crippen LogP contribution is 2.21. The Balaban J connectivity index is 2.93. The second-order valence-electron chi connectivity index (χ2n) is 4.60. The van der Waals surface area contributed by atoms with Crippen molar-refractivity contribution in [2.75, 3.05) is 13.2 Å². The van der Waals surface area contributed by atoms with E-state index >= 15 is 0 Å². The molecule has 0 fully saturated rings. The average molecular weight is 314 g/mol. The molecule has 1 amide bonds. The van der Waals surface area contributed by atoms with Crippen LogP contribution in [0, 0.1) is 6.92 Å². The van der Waals surface area contributed by atoms with Crippen LogP contribution >= 0.6 is 0 Å². The third-order valence-corrected chi connectivity index (χ3v) is 4.37. The Kier molecular flexibility index (Phi) is 6.17. The fraction of sp³-hybridized carbons (Fsp3) is 0.500. The largest absolute Gasteiger partial charge is 0.494 e. The van der Waals surface area contributed by atoms with Gasteiger partial charge in [0.1, 0.15) is 5.75 Å². The van der Waals surface area contributed by atoms with E-state index < -0.39 is 16.1 Å². The first-order valence-corrected chi connectivity index (χ1v) is 8.33. The lowest BCUT2D eigenvalue weighted by Crippen LogP contribution is -2.44. The van der Waals surface area contributed by atoms with E-state index in [0.717, 1.165) is 5.56 Å². The summed E-state index contributed by atoms with van der Waals surface area (Å²) in [4.78, 5) is 11.7. The highest BCUT2D eigenvalue weighted by molar-refractivity contribution is 7.89. The lowest BCUT2D eigenvalue weighted by atomic mass is 10.2. The molecule has 0 saturated heterocycles. The molecule has 0 aliphatic heterocycles. The van der Waals surface area contributed by atoms with Crippen LogP contribution in [0.2, 0.25) is 0 Å². The van der Waals surface area contributed by atoms with E-state index in [-0.39, 0.29) is 10.8 Å². The Morgan fingerprint density at radius 1 is 1.33 bits per heavy atom. The number of likely N-dealkylation sites (N-methyl/N-ethyl adjacent to an activating group) is 1. The summed E-state index contributed by atoms with van der Waals surface area (Å²) < 4.78 is 32.2. The van der Waals surface area contributed by atoms with E-state index in [1.165, 1.54) is 19.1 Å². The maximum atomic E-state index is 12.2. The van der Waals surface area contributed by atoms with Crippen LogP contribution in [0.1, 0.15) is 26.3 Å². The molecule has 0 radical (unpaired) electrons. The van der Waals surface area contributed by atoms with Gasteiger partial charge in [-0.05, 0) is 51.5 Å². The molecule has 1 atom stereocenters. The zero-order valence-corrected chi connectivity index (χ0v) is 13.6. The number of benzene rings is 1. The molecule has 0 aliphatic carbocycles. The molecule has 0 aliphatic rings. The number of nitrogens with one attached hydrogen (secondary N) is 2.